The van der Waals surface area contributed by atoms with Crippen molar-refractivity contribution in [3.63, 3.8) is 0 Å². The molecule has 1 aliphatic heterocycles. The van der Waals surface area contributed by atoms with Gasteiger partial charge >= 0.3 is 6.03 Å². The summed E-state index contributed by atoms with van der Waals surface area (Å²) in [4.78, 5) is 11.7. The number of nitrogens with one attached hydrogen (secondary N) is 2. The summed E-state index contributed by atoms with van der Waals surface area (Å²) in [6.07, 6.45) is 5.61. The summed E-state index contributed by atoms with van der Waals surface area (Å²) in [5.74, 6) is 0.449. The molecule has 1 aliphatic rings. The highest BCUT2D eigenvalue weighted by molar-refractivity contribution is 5.73. The van der Waals surface area contributed by atoms with Crippen LogP contribution in [0.15, 0.2) is 42.7 Å². The Morgan fingerprint density at radius 3 is 2.96 bits per heavy atom. The second-order valence-electron chi connectivity index (χ2n) is 5.75. The van der Waals surface area contributed by atoms with Crippen molar-refractivity contribution in [2.24, 2.45) is 5.92 Å². The van der Waals surface area contributed by atoms with Crippen molar-refractivity contribution >= 4 is 6.03 Å². The molecule has 0 saturated carbocycles. The summed E-state index contributed by atoms with van der Waals surface area (Å²) in [7, 11) is 0. The predicted octanol–water partition coefficient (Wildman–Crippen LogP) is 1.75. The lowest BCUT2D eigenvalue weighted by atomic mass is 10.1. The Balaban J connectivity index is 1.39. The van der Waals surface area contributed by atoms with E-state index in [1.807, 2.05) is 47.4 Å². The summed E-state index contributed by atoms with van der Waals surface area (Å²) in [6, 6.07) is 9.85. The number of benzene rings is 1. The second kappa shape index (κ2) is 7.78. The monoisotopic (exact) mass is 314 g/mol. The van der Waals surface area contributed by atoms with Gasteiger partial charge in [-0.1, -0.05) is 18.2 Å². The van der Waals surface area contributed by atoms with Crippen molar-refractivity contribution in [1.29, 1.82) is 0 Å². The molecule has 1 aromatic carbocycles. The molecule has 23 heavy (non-hydrogen) atoms. The highest BCUT2D eigenvalue weighted by Gasteiger charge is 2.15. The topological polar surface area (TPSA) is 68.2 Å². The Morgan fingerprint density at radius 1 is 1.30 bits per heavy atom. The Kier molecular flexibility index (Phi) is 5.26. The van der Waals surface area contributed by atoms with Gasteiger partial charge in [0.05, 0.1) is 18.5 Å². The standard InChI is InChI=1S/C17H22N4O2/c22-17(19-10-15-7-9-23-13-15)18-8-6-14-11-20-21(12-14)16-4-2-1-3-5-16/h1-5,11-12,15H,6-10,13H2,(H2,18,19,22)/t15-/m0/s1. The molecule has 0 spiro atoms. The Hall–Kier alpha value is -2.34. The van der Waals surface area contributed by atoms with Crippen LogP contribution in [0.4, 0.5) is 4.79 Å². The molecule has 1 saturated heterocycles. The van der Waals surface area contributed by atoms with Gasteiger partial charge in [0.25, 0.3) is 0 Å². The van der Waals surface area contributed by atoms with E-state index in [1.165, 1.54) is 0 Å². The summed E-state index contributed by atoms with van der Waals surface area (Å²) < 4.78 is 7.13. The van der Waals surface area contributed by atoms with Gasteiger partial charge in [-0.2, -0.15) is 5.10 Å². The van der Waals surface area contributed by atoms with Crippen LogP contribution in [0.1, 0.15) is 12.0 Å². The molecule has 1 fully saturated rings. The minimum atomic E-state index is -0.118. The molecule has 2 amide bonds. The molecular weight excluding hydrogens is 292 g/mol. The van der Waals surface area contributed by atoms with Gasteiger partial charge in [-0.25, -0.2) is 9.48 Å². The van der Waals surface area contributed by atoms with Gasteiger partial charge in [0.2, 0.25) is 0 Å². The zero-order valence-corrected chi connectivity index (χ0v) is 13.1. The van der Waals surface area contributed by atoms with E-state index in [4.69, 9.17) is 4.74 Å². The van der Waals surface area contributed by atoms with Crippen LogP contribution in [0.25, 0.3) is 5.69 Å². The van der Waals surface area contributed by atoms with Gasteiger partial charge in [-0.05, 0) is 30.5 Å². The van der Waals surface area contributed by atoms with Crippen LogP contribution >= 0.6 is 0 Å². The average Bonchev–Trinajstić information content (AvgIpc) is 3.26. The molecule has 2 N–H and O–H groups in total. The zero-order valence-electron chi connectivity index (χ0n) is 13.1. The van der Waals surface area contributed by atoms with Crippen LogP contribution in [0.2, 0.25) is 0 Å². The van der Waals surface area contributed by atoms with Gasteiger partial charge in [0.1, 0.15) is 0 Å². The lowest BCUT2D eigenvalue weighted by Crippen LogP contribution is -2.39. The van der Waals surface area contributed by atoms with Crippen LogP contribution in [-0.2, 0) is 11.2 Å². The lowest BCUT2D eigenvalue weighted by Gasteiger charge is -2.10. The summed E-state index contributed by atoms with van der Waals surface area (Å²) >= 11 is 0. The van der Waals surface area contributed by atoms with Crippen molar-refractivity contribution in [2.45, 2.75) is 12.8 Å². The van der Waals surface area contributed by atoms with E-state index in [9.17, 15) is 4.79 Å². The van der Waals surface area contributed by atoms with E-state index in [1.54, 1.807) is 0 Å². The number of ether oxygens (including phenoxy) is 1. The molecule has 1 aromatic heterocycles. The highest BCUT2D eigenvalue weighted by atomic mass is 16.5. The molecule has 0 aliphatic carbocycles. The predicted molar refractivity (Wildman–Crippen MR) is 87.6 cm³/mol. The van der Waals surface area contributed by atoms with E-state index in [2.05, 4.69) is 15.7 Å². The molecule has 2 aromatic rings. The molecular formula is C17H22N4O2. The highest BCUT2D eigenvalue weighted by Crippen LogP contribution is 2.10. The number of amides is 2. The van der Waals surface area contributed by atoms with Crippen LogP contribution in [0.5, 0.6) is 0 Å². The quantitative estimate of drug-likeness (QED) is 0.853. The number of carbonyl (C=O) groups is 1. The SMILES string of the molecule is O=C(NCCc1cnn(-c2ccccc2)c1)NC[C@@H]1CCOC1. The minimum Gasteiger partial charge on any atom is -0.381 e. The number of urea groups is 1. The molecule has 0 bridgehead atoms. The number of para-hydroxylation sites is 1. The largest absolute Gasteiger partial charge is 0.381 e. The Labute approximate surface area is 135 Å². The third-order valence-corrected chi connectivity index (χ3v) is 3.93. The van der Waals surface area contributed by atoms with Crippen molar-refractivity contribution < 1.29 is 9.53 Å². The smallest absolute Gasteiger partial charge is 0.314 e. The third-order valence-electron chi connectivity index (χ3n) is 3.93. The fourth-order valence-electron chi connectivity index (χ4n) is 2.58. The molecule has 6 nitrogen and oxygen atoms in total. The average molecular weight is 314 g/mol. The Morgan fingerprint density at radius 2 is 2.17 bits per heavy atom. The molecule has 0 unspecified atom stereocenters. The minimum absolute atomic E-state index is 0.118. The number of rotatable bonds is 6. The van der Waals surface area contributed by atoms with Crippen LogP contribution < -0.4 is 10.6 Å². The van der Waals surface area contributed by atoms with Crippen LogP contribution in [0, 0.1) is 5.92 Å². The third kappa shape index (κ3) is 4.56. The fraction of sp³-hybridized carbons (Fsp3) is 0.412. The van der Waals surface area contributed by atoms with E-state index >= 15 is 0 Å². The second-order valence-corrected chi connectivity index (χ2v) is 5.75. The lowest BCUT2D eigenvalue weighted by molar-refractivity contribution is 0.185. The fourth-order valence-corrected chi connectivity index (χ4v) is 2.58. The number of hydrogen-bond acceptors (Lipinski definition) is 3. The summed E-state index contributed by atoms with van der Waals surface area (Å²) in [5.41, 5.74) is 2.13. The van der Waals surface area contributed by atoms with Gasteiger partial charge < -0.3 is 15.4 Å². The van der Waals surface area contributed by atoms with E-state index < -0.39 is 0 Å². The number of hydrogen-bond donors (Lipinski definition) is 2. The van der Waals surface area contributed by atoms with Gasteiger partial charge in [0.15, 0.2) is 0 Å². The van der Waals surface area contributed by atoms with E-state index in [-0.39, 0.29) is 6.03 Å². The number of carbonyl (C=O) groups excluding carboxylic acids is 1. The zero-order chi connectivity index (χ0) is 15.9. The molecule has 6 heteroatoms. The summed E-state index contributed by atoms with van der Waals surface area (Å²) in [6.45, 7) is 2.82. The van der Waals surface area contributed by atoms with Crippen molar-refractivity contribution in [3.8, 4) is 5.69 Å². The van der Waals surface area contributed by atoms with Gasteiger partial charge in [-0.15, -0.1) is 0 Å². The van der Waals surface area contributed by atoms with Gasteiger partial charge in [-0.3, -0.25) is 0 Å². The first kappa shape index (κ1) is 15.6. The van der Waals surface area contributed by atoms with Crippen molar-refractivity contribution in [3.05, 3.63) is 48.3 Å². The van der Waals surface area contributed by atoms with Crippen LogP contribution in [0.3, 0.4) is 0 Å². The summed E-state index contributed by atoms with van der Waals surface area (Å²) in [5, 5.41) is 10.1. The maximum Gasteiger partial charge on any atom is 0.314 e. The van der Waals surface area contributed by atoms with Crippen LogP contribution in [-0.4, -0.2) is 42.1 Å². The number of aromatic nitrogens is 2. The molecule has 0 radical (unpaired) electrons. The maximum atomic E-state index is 11.7. The molecule has 3 rings (SSSR count). The van der Waals surface area contributed by atoms with Crippen molar-refractivity contribution in [2.75, 3.05) is 26.3 Å². The van der Waals surface area contributed by atoms with Crippen molar-refractivity contribution in [1.82, 2.24) is 20.4 Å². The normalized spacial score (nSPS) is 17.1. The first-order valence-corrected chi connectivity index (χ1v) is 7.99. The first-order valence-electron chi connectivity index (χ1n) is 7.99. The Bertz CT molecular complexity index is 621. The molecule has 2 heterocycles. The first-order chi connectivity index (χ1) is 11.3. The van der Waals surface area contributed by atoms with Gasteiger partial charge in [0, 0.05) is 31.8 Å². The number of nitrogens with zero attached hydrogens (tertiary/aromatic N) is 2. The molecule has 1 atom stereocenters. The van der Waals surface area contributed by atoms with E-state index in [0.29, 0.717) is 19.0 Å². The van der Waals surface area contributed by atoms with E-state index in [0.717, 1.165) is 37.3 Å². The molecule has 122 valence electrons. The maximum absolute atomic E-state index is 11.7.